The molecule has 0 atom stereocenters. The van der Waals surface area contributed by atoms with Crippen molar-refractivity contribution >= 4 is 11.0 Å². The van der Waals surface area contributed by atoms with E-state index in [-0.39, 0.29) is 5.43 Å². The summed E-state index contributed by atoms with van der Waals surface area (Å²) in [7, 11) is 1.63. The van der Waals surface area contributed by atoms with E-state index in [1.807, 2.05) is 50.2 Å². The first-order valence-corrected chi connectivity index (χ1v) is 6.78. The second kappa shape index (κ2) is 5.09. The average Bonchev–Trinajstić information content (AvgIpc) is 2.47. The third-order valence-corrected chi connectivity index (χ3v) is 3.58. The maximum atomic E-state index is 12.3. The Bertz CT molecular complexity index is 875. The molecule has 1 heterocycles. The van der Waals surface area contributed by atoms with Gasteiger partial charge < -0.3 is 9.15 Å². The fourth-order valence-electron chi connectivity index (χ4n) is 2.44. The summed E-state index contributed by atoms with van der Waals surface area (Å²) >= 11 is 0. The van der Waals surface area contributed by atoms with Gasteiger partial charge in [-0.25, -0.2) is 0 Å². The molecule has 0 aliphatic heterocycles. The second-order valence-corrected chi connectivity index (χ2v) is 5.16. The van der Waals surface area contributed by atoms with E-state index in [1.165, 1.54) is 0 Å². The zero-order valence-electron chi connectivity index (χ0n) is 12.3. The van der Waals surface area contributed by atoms with E-state index in [1.54, 1.807) is 13.2 Å². The van der Waals surface area contributed by atoms with Gasteiger partial charge in [-0.15, -0.1) is 0 Å². The van der Waals surface area contributed by atoms with Crippen LogP contribution in [0, 0.1) is 13.8 Å². The number of ether oxygens (including phenoxy) is 1. The van der Waals surface area contributed by atoms with Gasteiger partial charge in [0.15, 0.2) is 5.43 Å². The molecule has 0 aliphatic carbocycles. The largest absolute Gasteiger partial charge is 0.497 e. The molecule has 3 rings (SSSR count). The molecular weight excluding hydrogens is 264 g/mol. The Morgan fingerprint density at radius 2 is 1.81 bits per heavy atom. The van der Waals surface area contributed by atoms with E-state index in [0.717, 1.165) is 22.4 Å². The van der Waals surface area contributed by atoms with Gasteiger partial charge in [-0.2, -0.15) is 0 Å². The SMILES string of the molecule is COc1ccc(-c2cc(=O)c3cc(C)ccc3o2)c(C)c1. The molecule has 0 fully saturated rings. The minimum Gasteiger partial charge on any atom is -0.497 e. The summed E-state index contributed by atoms with van der Waals surface area (Å²) in [5, 5.41) is 0.616. The normalized spacial score (nSPS) is 10.8. The van der Waals surface area contributed by atoms with Gasteiger partial charge in [0.2, 0.25) is 0 Å². The molecule has 0 radical (unpaired) electrons. The molecule has 3 nitrogen and oxygen atoms in total. The molecule has 0 unspecified atom stereocenters. The summed E-state index contributed by atoms with van der Waals surface area (Å²) in [4.78, 5) is 12.3. The van der Waals surface area contributed by atoms with Crippen molar-refractivity contribution in [2.24, 2.45) is 0 Å². The minimum atomic E-state index is -0.0230. The van der Waals surface area contributed by atoms with Crippen molar-refractivity contribution < 1.29 is 9.15 Å². The van der Waals surface area contributed by atoms with E-state index in [0.29, 0.717) is 16.7 Å². The van der Waals surface area contributed by atoms with E-state index in [2.05, 4.69) is 0 Å². The van der Waals surface area contributed by atoms with E-state index in [9.17, 15) is 4.79 Å². The molecular formula is C18H16O3. The average molecular weight is 280 g/mol. The van der Waals surface area contributed by atoms with Crippen LogP contribution in [0.3, 0.4) is 0 Å². The lowest BCUT2D eigenvalue weighted by atomic mass is 10.0. The van der Waals surface area contributed by atoms with Crippen molar-refractivity contribution in [1.82, 2.24) is 0 Å². The summed E-state index contributed by atoms with van der Waals surface area (Å²) in [6.45, 7) is 3.93. The molecule has 3 aromatic rings. The number of rotatable bonds is 2. The van der Waals surface area contributed by atoms with Crippen LogP contribution >= 0.6 is 0 Å². The monoisotopic (exact) mass is 280 g/mol. The Hall–Kier alpha value is -2.55. The van der Waals surface area contributed by atoms with Gasteiger partial charge in [0.05, 0.1) is 12.5 Å². The number of hydrogen-bond donors (Lipinski definition) is 0. The summed E-state index contributed by atoms with van der Waals surface area (Å²) in [6, 6.07) is 12.9. The molecule has 0 saturated carbocycles. The predicted octanol–water partition coefficient (Wildman–Crippen LogP) is 4.09. The molecule has 1 aromatic heterocycles. The fraction of sp³-hybridized carbons (Fsp3) is 0.167. The van der Waals surface area contributed by atoms with Gasteiger partial charge in [-0.3, -0.25) is 4.79 Å². The van der Waals surface area contributed by atoms with Crippen molar-refractivity contribution in [2.75, 3.05) is 7.11 Å². The topological polar surface area (TPSA) is 39.4 Å². The molecule has 0 saturated heterocycles. The van der Waals surface area contributed by atoms with Gasteiger partial charge in [-0.1, -0.05) is 11.6 Å². The first kappa shape index (κ1) is 13.4. The quantitative estimate of drug-likeness (QED) is 0.710. The highest BCUT2D eigenvalue weighted by atomic mass is 16.5. The van der Waals surface area contributed by atoms with Crippen LogP contribution in [0.15, 0.2) is 51.7 Å². The van der Waals surface area contributed by atoms with Gasteiger partial charge >= 0.3 is 0 Å². The lowest BCUT2D eigenvalue weighted by molar-refractivity contribution is 0.414. The Kier molecular flexibility index (Phi) is 3.26. The molecule has 2 aromatic carbocycles. The van der Waals surface area contributed by atoms with Gasteiger partial charge in [0, 0.05) is 11.6 Å². The Morgan fingerprint density at radius 1 is 1.00 bits per heavy atom. The van der Waals surface area contributed by atoms with Gasteiger partial charge in [0.1, 0.15) is 17.1 Å². The third-order valence-electron chi connectivity index (χ3n) is 3.58. The summed E-state index contributed by atoms with van der Waals surface area (Å²) in [5.74, 6) is 1.37. The van der Waals surface area contributed by atoms with Crippen LogP contribution in [0.5, 0.6) is 5.75 Å². The van der Waals surface area contributed by atoms with Crippen LogP contribution in [-0.4, -0.2) is 7.11 Å². The highest BCUT2D eigenvalue weighted by Crippen LogP contribution is 2.28. The standard InChI is InChI=1S/C18H16O3/c1-11-4-7-17-15(8-11)16(19)10-18(21-17)14-6-5-13(20-3)9-12(14)2/h4-10H,1-3H3. The molecule has 21 heavy (non-hydrogen) atoms. The van der Waals surface area contributed by atoms with E-state index < -0.39 is 0 Å². The van der Waals surface area contributed by atoms with Crippen LogP contribution in [0.1, 0.15) is 11.1 Å². The van der Waals surface area contributed by atoms with Crippen LogP contribution in [0.4, 0.5) is 0 Å². The Labute approximate surface area is 122 Å². The van der Waals surface area contributed by atoms with Gasteiger partial charge in [-0.05, 0) is 49.7 Å². The lowest BCUT2D eigenvalue weighted by Gasteiger charge is -2.08. The zero-order valence-corrected chi connectivity index (χ0v) is 12.3. The highest BCUT2D eigenvalue weighted by molar-refractivity contribution is 5.79. The molecule has 0 aliphatic rings. The molecule has 0 amide bonds. The van der Waals surface area contributed by atoms with Crippen LogP contribution in [0.2, 0.25) is 0 Å². The fourth-order valence-corrected chi connectivity index (χ4v) is 2.44. The highest BCUT2D eigenvalue weighted by Gasteiger charge is 2.10. The number of hydrogen-bond acceptors (Lipinski definition) is 3. The first-order chi connectivity index (χ1) is 10.1. The number of fused-ring (bicyclic) bond motifs is 1. The van der Waals surface area contributed by atoms with Crippen LogP contribution < -0.4 is 10.2 Å². The van der Waals surface area contributed by atoms with E-state index in [4.69, 9.17) is 9.15 Å². The van der Waals surface area contributed by atoms with Crippen molar-refractivity contribution in [2.45, 2.75) is 13.8 Å². The summed E-state index contributed by atoms with van der Waals surface area (Å²) < 4.78 is 11.1. The maximum absolute atomic E-state index is 12.3. The van der Waals surface area contributed by atoms with E-state index >= 15 is 0 Å². The summed E-state index contributed by atoms with van der Waals surface area (Å²) in [5.41, 5.74) is 3.53. The van der Waals surface area contributed by atoms with Crippen molar-refractivity contribution in [3.05, 3.63) is 63.8 Å². The van der Waals surface area contributed by atoms with Crippen LogP contribution in [0.25, 0.3) is 22.3 Å². The molecule has 106 valence electrons. The zero-order chi connectivity index (χ0) is 15.0. The lowest BCUT2D eigenvalue weighted by Crippen LogP contribution is -2.01. The van der Waals surface area contributed by atoms with Crippen molar-refractivity contribution in [1.29, 1.82) is 0 Å². The van der Waals surface area contributed by atoms with Crippen LogP contribution in [-0.2, 0) is 0 Å². The van der Waals surface area contributed by atoms with Gasteiger partial charge in [0.25, 0.3) is 0 Å². The first-order valence-electron chi connectivity index (χ1n) is 6.78. The molecule has 3 heteroatoms. The number of benzene rings is 2. The number of methoxy groups -OCH3 is 1. The molecule has 0 bridgehead atoms. The Morgan fingerprint density at radius 3 is 2.52 bits per heavy atom. The smallest absolute Gasteiger partial charge is 0.193 e. The molecule has 0 N–H and O–H groups in total. The Balaban J connectivity index is 2.22. The maximum Gasteiger partial charge on any atom is 0.193 e. The summed E-state index contributed by atoms with van der Waals surface area (Å²) in [6.07, 6.45) is 0. The second-order valence-electron chi connectivity index (χ2n) is 5.16. The molecule has 0 spiro atoms. The number of aryl methyl sites for hydroxylation is 2. The predicted molar refractivity (Wildman–Crippen MR) is 83.9 cm³/mol. The van der Waals surface area contributed by atoms with Crippen molar-refractivity contribution in [3.8, 4) is 17.1 Å². The van der Waals surface area contributed by atoms with Crippen molar-refractivity contribution in [3.63, 3.8) is 0 Å². The minimum absolute atomic E-state index is 0.0230. The third kappa shape index (κ3) is 2.42.